The van der Waals surface area contributed by atoms with Crippen molar-refractivity contribution in [1.82, 2.24) is 41.0 Å². The number of nitrogens with zero attached hydrogens (tertiary/aromatic N) is 4. The zero-order valence-corrected chi connectivity index (χ0v) is 46.4. The number of likely N-dealkylation sites (tertiary alicyclic amines) is 1. The van der Waals surface area contributed by atoms with Gasteiger partial charge in [0.05, 0.1) is 17.0 Å². The minimum absolute atomic E-state index is 0.0426. The maximum Gasteiger partial charge on any atom is 0.415 e. The predicted molar refractivity (Wildman–Crippen MR) is 307 cm³/mol. The summed E-state index contributed by atoms with van der Waals surface area (Å²) in [7, 11) is 2.01. The summed E-state index contributed by atoms with van der Waals surface area (Å²) in [5.41, 5.74) is 8.80. The van der Waals surface area contributed by atoms with E-state index in [4.69, 9.17) is 22.1 Å². The number of imide groups is 1. The number of fused-ring (bicyclic) bond motifs is 4. The van der Waals surface area contributed by atoms with Crippen molar-refractivity contribution in [2.24, 2.45) is 11.7 Å². The van der Waals surface area contributed by atoms with Crippen molar-refractivity contribution in [3.05, 3.63) is 95.7 Å². The van der Waals surface area contributed by atoms with Crippen molar-refractivity contribution >= 4 is 116 Å². The van der Waals surface area contributed by atoms with Crippen molar-refractivity contribution < 1.29 is 47.9 Å². The quantitative estimate of drug-likeness (QED) is 0.0197. The van der Waals surface area contributed by atoms with Gasteiger partial charge in [0.2, 0.25) is 29.5 Å². The normalized spacial score (nSPS) is 17.1. The molecule has 3 aliphatic heterocycles. The zero-order valence-electron chi connectivity index (χ0n) is 44.8. The van der Waals surface area contributed by atoms with Crippen LogP contribution in [0.15, 0.2) is 78.9 Å². The Hall–Kier alpha value is -7.73. The second-order valence-corrected chi connectivity index (χ2v) is 21.4. The number of anilines is 3. The number of piperazine rings is 1. The van der Waals surface area contributed by atoms with E-state index in [0.717, 1.165) is 34.3 Å². The molecule has 9 N–H and O–H groups in total. The van der Waals surface area contributed by atoms with Gasteiger partial charge in [0.1, 0.15) is 17.5 Å². The van der Waals surface area contributed by atoms with Gasteiger partial charge in [-0.1, -0.05) is 38.1 Å². The SMILES string of the molecule is CC(C)[C@H](NCCNC(=O)CCCN1C(=O)CC(S)C1=O)C(=O)N[C@@H](CCCNC(N)=O)C(=O)Nc1ccc(C(=O)Nc2ccc3[nH]c(C(=O)N4C[C@@H](CCl)c5c4cc(OC(=O)N4CCN(C)CC4)c4ccccc54)cc3c2)cc1. The minimum Gasteiger partial charge on any atom is -0.409 e. The number of likely N-dealkylation sites (N-methyl/N-ethyl adjacent to an activating group) is 1. The first kappa shape index (κ1) is 58.4. The number of carbonyl (C=O) groups is 9. The second-order valence-electron chi connectivity index (χ2n) is 20.5. The summed E-state index contributed by atoms with van der Waals surface area (Å²) in [5, 5.41) is 18.5. The Bertz CT molecular complexity index is 3170. The van der Waals surface area contributed by atoms with Crippen LogP contribution in [0.2, 0.25) is 0 Å². The number of aromatic nitrogens is 1. The number of amides is 10. The molecule has 5 aromatic rings. The van der Waals surface area contributed by atoms with Crippen molar-refractivity contribution in [1.29, 1.82) is 0 Å². The topological polar surface area (TPSA) is 290 Å². The first-order chi connectivity index (χ1) is 38.4. The number of alkyl halides is 1. The predicted octanol–water partition coefficient (Wildman–Crippen LogP) is 4.74. The van der Waals surface area contributed by atoms with E-state index in [1.165, 1.54) is 12.1 Å². The highest BCUT2D eigenvalue weighted by molar-refractivity contribution is 7.81. The van der Waals surface area contributed by atoms with Gasteiger partial charge in [-0.3, -0.25) is 38.5 Å². The van der Waals surface area contributed by atoms with Crippen molar-refractivity contribution in [2.45, 2.75) is 69.2 Å². The fourth-order valence-electron chi connectivity index (χ4n) is 10.1. The van der Waals surface area contributed by atoms with Crippen LogP contribution >= 0.6 is 24.2 Å². The molecule has 1 aromatic heterocycles. The van der Waals surface area contributed by atoms with Crippen LogP contribution in [0.3, 0.4) is 0 Å². The third-order valence-corrected chi connectivity index (χ3v) is 15.2. The van der Waals surface area contributed by atoms with E-state index in [1.54, 1.807) is 52.3 Å². The van der Waals surface area contributed by atoms with Crippen LogP contribution in [0, 0.1) is 5.92 Å². The minimum atomic E-state index is -1.04. The smallest absolute Gasteiger partial charge is 0.409 e. The highest BCUT2D eigenvalue weighted by atomic mass is 35.5. The van der Waals surface area contributed by atoms with Gasteiger partial charge in [-0.05, 0) is 91.7 Å². The maximum absolute atomic E-state index is 14.4. The fourth-order valence-corrected chi connectivity index (χ4v) is 10.6. The molecule has 2 saturated heterocycles. The Balaban J connectivity index is 0.866. The van der Waals surface area contributed by atoms with E-state index in [2.05, 4.69) is 54.4 Å². The summed E-state index contributed by atoms with van der Waals surface area (Å²) in [6, 6.07) is 20.0. The third-order valence-electron chi connectivity index (χ3n) is 14.4. The van der Waals surface area contributed by atoms with Gasteiger partial charge in [-0.2, -0.15) is 12.6 Å². The van der Waals surface area contributed by atoms with Crippen LogP contribution in [0.25, 0.3) is 21.7 Å². The molecule has 2 fully saturated rings. The Labute approximate surface area is 472 Å². The Morgan fingerprint density at radius 2 is 1.56 bits per heavy atom. The number of urea groups is 1. The Morgan fingerprint density at radius 1 is 0.838 bits per heavy atom. The highest BCUT2D eigenvalue weighted by Crippen LogP contribution is 2.46. The summed E-state index contributed by atoms with van der Waals surface area (Å²) >= 11 is 10.7. The van der Waals surface area contributed by atoms with Crippen LogP contribution in [0.1, 0.15) is 78.3 Å². The molecule has 0 aliphatic carbocycles. The lowest BCUT2D eigenvalue weighted by Gasteiger charge is -2.31. The molecule has 10 amide bonds. The molecule has 0 saturated carbocycles. The molecule has 22 nitrogen and oxygen atoms in total. The van der Waals surface area contributed by atoms with Gasteiger partial charge >= 0.3 is 12.1 Å². The zero-order chi connectivity index (χ0) is 57.2. The number of rotatable bonds is 22. The van der Waals surface area contributed by atoms with E-state index in [9.17, 15) is 43.2 Å². The van der Waals surface area contributed by atoms with Crippen LogP contribution in [-0.4, -0.2) is 162 Å². The first-order valence-electron chi connectivity index (χ1n) is 26.7. The fraction of sp³-hybridized carbons (Fsp3) is 0.411. The summed E-state index contributed by atoms with van der Waals surface area (Å²) in [6.07, 6.45) is 0.411. The molecule has 0 spiro atoms. The molecule has 80 heavy (non-hydrogen) atoms. The van der Waals surface area contributed by atoms with Crippen molar-refractivity contribution in [3.63, 3.8) is 0 Å². The molecule has 0 bridgehead atoms. The molecule has 4 heterocycles. The number of ether oxygens (including phenoxy) is 1. The van der Waals surface area contributed by atoms with Crippen molar-refractivity contribution in [2.75, 3.05) is 87.4 Å². The van der Waals surface area contributed by atoms with Crippen LogP contribution in [-0.2, 0) is 24.0 Å². The summed E-state index contributed by atoms with van der Waals surface area (Å²) in [5.74, 6) is -2.51. The van der Waals surface area contributed by atoms with Gasteiger partial charge in [-0.15, -0.1) is 11.6 Å². The van der Waals surface area contributed by atoms with Gasteiger partial charge in [0, 0.05) is 123 Å². The van der Waals surface area contributed by atoms with Crippen LogP contribution < -0.4 is 47.3 Å². The van der Waals surface area contributed by atoms with Gasteiger partial charge in [0.15, 0.2) is 0 Å². The van der Waals surface area contributed by atoms with E-state index in [-0.39, 0.29) is 92.3 Å². The second kappa shape index (κ2) is 26.5. The number of hydrogen-bond acceptors (Lipinski definition) is 13. The molecule has 4 aromatic carbocycles. The number of thiol groups is 1. The summed E-state index contributed by atoms with van der Waals surface area (Å²) in [4.78, 5) is 127. The molecule has 424 valence electrons. The van der Waals surface area contributed by atoms with Gasteiger partial charge in [-0.25, -0.2) is 9.59 Å². The lowest BCUT2D eigenvalue weighted by Crippen LogP contribution is -2.54. The standard InChI is InChI=1S/C56H67ClN12O10S/c1-32(2)49(60-20-19-59-46(70)11-7-21-68-47(71)29-45(80)54(68)76)52(74)65-41(10-6-18-61-55(58)77)51(73)62-36-14-12-33(13-15-36)50(72)63-37-16-17-40-34(26-37)27-42(64-40)53(75)69-31-35(30-57)48-39-9-5-4-8-38(39)44(28-43(48)69)79-56(78)67-24-22-66(3)23-25-67/h4-5,8-9,12-17,26-28,32,35,41,45,49,60,64,80H,6-7,10-11,18-25,29-31H2,1-3H3,(H,59,70)(H,62,73)(H,63,72)(H,65,74)(H3,58,61,77)/t35-,41+,45?,49+/m1/s1. The number of aromatic amines is 1. The number of hydrogen-bond donors (Lipinski definition) is 9. The number of halogens is 1. The molecule has 1 unspecified atom stereocenters. The van der Waals surface area contributed by atoms with E-state index < -0.39 is 47.2 Å². The third kappa shape index (κ3) is 14.2. The molecular weight excluding hydrogens is 1070 g/mol. The molecular formula is C56H67ClN12O10S. The largest absolute Gasteiger partial charge is 0.415 e. The Morgan fingerprint density at radius 3 is 2.25 bits per heavy atom. The lowest BCUT2D eigenvalue weighted by atomic mass is 9.95. The molecule has 4 atom stereocenters. The average molecular weight is 1140 g/mol. The van der Waals surface area contributed by atoms with E-state index in [0.29, 0.717) is 71.9 Å². The van der Waals surface area contributed by atoms with E-state index in [1.807, 2.05) is 45.2 Å². The van der Waals surface area contributed by atoms with Gasteiger partial charge in [0.25, 0.3) is 11.8 Å². The monoisotopic (exact) mass is 1130 g/mol. The first-order valence-corrected chi connectivity index (χ1v) is 27.7. The number of primary amides is 1. The number of H-pyrrole nitrogens is 1. The van der Waals surface area contributed by atoms with E-state index >= 15 is 0 Å². The van der Waals surface area contributed by atoms with Crippen LogP contribution in [0.5, 0.6) is 5.75 Å². The lowest BCUT2D eigenvalue weighted by molar-refractivity contribution is -0.138. The number of nitrogens with two attached hydrogens (primary N) is 1. The number of carbonyl (C=O) groups excluding carboxylic acids is 9. The molecule has 0 radical (unpaired) electrons. The van der Waals surface area contributed by atoms with Crippen molar-refractivity contribution in [3.8, 4) is 5.75 Å². The number of benzene rings is 4. The number of nitrogens with one attached hydrogen (secondary N) is 7. The highest BCUT2D eigenvalue weighted by Gasteiger charge is 2.38. The summed E-state index contributed by atoms with van der Waals surface area (Å²) < 4.78 is 6.06. The summed E-state index contributed by atoms with van der Waals surface area (Å²) in [6.45, 7) is 7.21. The Kier molecular flexibility index (Phi) is 19.3. The molecule has 8 rings (SSSR count). The maximum atomic E-state index is 14.4. The average Bonchev–Trinajstić information content (AvgIpc) is 4.29. The van der Waals surface area contributed by atoms with Gasteiger partial charge < -0.3 is 62.1 Å². The molecule has 3 aliphatic rings. The molecule has 24 heteroatoms. The van der Waals surface area contributed by atoms with Crippen LogP contribution in [0.4, 0.5) is 26.7 Å².